The number of nitrogens with zero attached hydrogens (tertiary/aromatic N) is 1. The lowest BCUT2D eigenvalue weighted by Crippen LogP contribution is -2.37. The number of benzene rings is 1. The molecule has 21 heavy (non-hydrogen) atoms. The summed E-state index contributed by atoms with van der Waals surface area (Å²) < 4.78 is 13.0. The number of aliphatic hydroxyl groups excluding tert-OH is 1. The Bertz CT molecular complexity index is 461. The van der Waals surface area contributed by atoms with E-state index in [1.165, 1.54) is 25.0 Å². The molecule has 0 aromatic heterocycles. The van der Waals surface area contributed by atoms with Gasteiger partial charge in [0.05, 0.1) is 6.61 Å². The minimum absolute atomic E-state index is 0.113. The summed E-state index contributed by atoms with van der Waals surface area (Å²) in [5.74, 6) is -0.484. The van der Waals surface area contributed by atoms with E-state index in [0.717, 1.165) is 12.8 Å². The minimum Gasteiger partial charge on any atom is -0.395 e. The molecule has 0 saturated heterocycles. The Kier molecular flexibility index (Phi) is 6.14. The third-order valence-electron chi connectivity index (χ3n) is 3.96. The highest BCUT2D eigenvalue weighted by Gasteiger charge is 2.22. The molecular weight excluding hydrogens is 271 g/mol. The van der Waals surface area contributed by atoms with E-state index in [2.05, 4.69) is 10.2 Å². The van der Waals surface area contributed by atoms with Gasteiger partial charge in [0.15, 0.2) is 0 Å². The van der Waals surface area contributed by atoms with Crippen LogP contribution in [0, 0.1) is 5.82 Å². The molecule has 1 aromatic carbocycles. The smallest absolute Gasteiger partial charge is 0.225 e. The van der Waals surface area contributed by atoms with Gasteiger partial charge >= 0.3 is 0 Å². The van der Waals surface area contributed by atoms with Crippen molar-refractivity contribution in [2.24, 2.45) is 0 Å². The van der Waals surface area contributed by atoms with Crippen molar-refractivity contribution in [2.75, 3.05) is 25.0 Å². The van der Waals surface area contributed by atoms with Crippen molar-refractivity contribution in [3.63, 3.8) is 0 Å². The highest BCUT2D eigenvalue weighted by Crippen LogP contribution is 2.23. The van der Waals surface area contributed by atoms with E-state index >= 15 is 0 Å². The molecular formula is C16H23FN2O2. The van der Waals surface area contributed by atoms with Crippen molar-refractivity contribution < 1.29 is 14.3 Å². The van der Waals surface area contributed by atoms with Gasteiger partial charge in [-0.15, -0.1) is 0 Å². The minimum atomic E-state index is -0.360. The van der Waals surface area contributed by atoms with Crippen molar-refractivity contribution in [1.82, 2.24) is 4.90 Å². The number of anilines is 1. The Morgan fingerprint density at radius 1 is 1.33 bits per heavy atom. The quantitative estimate of drug-likeness (QED) is 0.812. The molecule has 1 amide bonds. The van der Waals surface area contributed by atoms with E-state index in [9.17, 15) is 9.18 Å². The van der Waals surface area contributed by atoms with Gasteiger partial charge in [0.1, 0.15) is 5.82 Å². The van der Waals surface area contributed by atoms with Crippen LogP contribution < -0.4 is 5.32 Å². The third kappa shape index (κ3) is 5.10. The fourth-order valence-electron chi connectivity index (χ4n) is 2.91. The number of halogens is 1. The Morgan fingerprint density at radius 3 is 2.76 bits per heavy atom. The van der Waals surface area contributed by atoms with Crippen LogP contribution in [0.2, 0.25) is 0 Å². The van der Waals surface area contributed by atoms with Gasteiger partial charge in [0.25, 0.3) is 0 Å². The predicted molar refractivity (Wildman–Crippen MR) is 80.6 cm³/mol. The lowest BCUT2D eigenvalue weighted by atomic mass is 10.2. The van der Waals surface area contributed by atoms with E-state index < -0.39 is 0 Å². The summed E-state index contributed by atoms with van der Waals surface area (Å²) >= 11 is 0. The Balaban J connectivity index is 1.81. The van der Waals surface area contributed by atoms with Gasteiger partial charge in [-0.25, -0.2) is 4.39 Å². The molecule has 1 aliphatic rings. The molecule has 4 nitrogen and oxygen atoms in total. The summed E-state index contributed by atoms with van der Waals surface area (Å²) in [4.78, 5) is 14.1. The summed E-state index contributed by atoms with van der Waals surface area (Å²) in [6.07, 6.45) is 5.09. The summed E-state index contributed by atoms with van der Waals surface area (Å²) in [6, 6.07) is 6.38. The molecule has 2 N–H and O–H groups in total. The maximum absolute atomic E-state index is 13.0. The lowest BCUT2D eigenvalue weighted by molar-refractivity contribution is -0.116. The normalized spacial score (nSPS) is 15.6. The fraction of sp³-hybridized carbons (Fsp3) is 0.562. The van der Waals surface area contributed by atoms with Crippen LogP contribution in [0.1, 0.15) is 32.1 Å². The first kappa shape index (κ1) is 15.9. The second kappa shape index (κ2) is 8.10. The number of aliphatic hydroxyl groups is 1. The number of nitrogens with one attached hydrogen (secondary N) is 1. The topological polar surface area (TPSA) is 52.6 Å². The fourth-order valence-corrected chi connectivity index (χ4v) is 2.91. The lowest BCUT2D eigenvalue weighted by Gasteiger charge is -2.27. The Morgan fingerprint density at radius 2 is 2.10 bits per heavy atom. The summed E-state index contributed by atoms with van der Waals surface area (Å²) in [5, 5.41) is 11.8. The second-order valence-electron chi connectivity index (χ2n) is 5.51. The van der Waals surface area contributed by atoms with Gasteiger partial charge in [-0.1, -0.05) is 18.9 Å². The molecule has 0 spiro atoms. The number of carbonyl (C=O) groups excluding carboxylic acids is 1. The molecule has 0 heterocycles. The van der Waals surface area contributed by atoms with E-state index in [1.54, 1.807) is 12.1 Å². The molecule has 0 unspecified atom stereocenters. The summed E-state index contributed by atoms with van der Waals surface area (Å²) in [6.45, 7) is 1.35. The van der Waals surface area contributed by atoms with Crippen molar-refractivity contribution in [2.45, 2.75) is 38.1 Å². The molecule has 0 atom stereocenters. The monoisotopic (exact) mass is 294 g/mol. The van der Waals surface area contributed by atoms with E-state index in [0.29, 0.717) is 31.2 Å². The van der Waals surface area contributed by atoms with Crippen LogP contribution in [0.5, 0.6) is 0 Å². The summed E-state index contributed by atoms with van der Waals surface area (Å²) in [7, 11) is 0. The van der Waals surface area contributed by atoms with Crippen molar-refractivity contribution >= 4 is 11.6 Å². The standard InChI is InChI=1S/C16H23FN2O2/c17-13-4-3-5-14(12-13)18-16(21)8-9-19(10-11-20)15-6-1-2-7-15/h3-5,12,15,20H,1-2,6-11H2,(H,18,21). The van der Waals surface area contributed by atoms with E-state index in [4.69, 9.17) is 5.11 Å². The summed E-state index contributed by atoms with van der Waals surface area (Å²) in [5.41, 5.74) is 0.481. The first-order valence-corrected chi connectivity index (χ1v) is 7.59. The maximum atomic E-state index is 13.0. The molecule has 1 aromatic rings. The zero-order chi connectivity index (χ0) is 15.1. The largest absolute Gasteiger partial charge is 0.395 e. The number of amides is 1. The number of hydrogen-bond donors (Lipinski definition) is 2. The average Bonchev–Trinajstić information content (AvgIpc) is 2.97. The average molecular weight is 294 g/mol. The van der Waals surface area contributed by atoms with Gasteiger partial charge in [-0.05, 0) is 31.0 Å². The van der Waals surface area contributed by atoms with Gasteiger partial charge in [0, 0.05) is 31.2 Å². The molecule has 1 fully saturated rings. The van der Waals surface area contributed by atoms with Crippen LogP contribution in [0.15, 0.2) is 24.3 Å². The zero-order valence-electron chi connectivity index (χ0n) is 12.2. The van der Waals surface area contributed by atoms with E-state index in [1.807, 2.05) is 0 Å². The Labute approximate surface area is 125 Å². The SMILES string of the molecule is O=C(CCN(CCO)C1CCCC1)Nc1cccc(F)c1. The molecule has 2 rings (SSSR count). The van der Waals surface area contributed by atoms with Crippen molar-refractivity contribution in [3.05, 3.63) is 30.1 Å². The molecule has 1 aliphatic carbocycles. The van der Waals surface area contributed by atoms with Gasteiger partial charge in [-0.3, -0.25) is 9.69 Å². The maximum Gasteiger partial charge on any atom is 0.225 e. The van der Waals surface area contributed by atoms with Crippen LogP contribution in [0.25, 0.3) is 0 Å². The van der Waals surface area contributed by atoms with Gasteiger partial charge in [-0.2, -0.15) is 0 Å². The highest BCUT2D eigenvalue weighted by molar-refractivity contribution is 5.90. The van der Waals surface area contributed by atoms with Crippen LogP contribution in [-0.4, -0.2) is 41.7 Å². The Hall–Kier alpha value is -1.46. The highest BCUT2D eigenvalue weighted by atomic mass is 19.1. The molecule has 116 valence electrons. The van der Waals surface area contributed by atoms with Gasteiger partial charge in [0.2, 0.25) is 5.91 Å². The first-order valence-electron chi connectivity index (χ1n) is 7.59. The molecule has 0 radical (unpaired) electrons. The van der Waals surface area contributed by atoms with Crippen molar-refractivity contribution in [1.29, 1.82) is 0 Å². The van der Waals surface area contributed by atoms with Crippen molar-refractivity contribution in [3.8, 4) is 0 Å². The molecule has 1 saturated carbocycles. The second-order valence-corrected chi connectivity index (χ2v) is 5.51. The first-order chi connectivity index (χ1) is 10.2. The van der Waals surface area contributed by atoms with Crippen LogP contribution >= 0.6 is 0 Å². The molecule has 0 bridgehead atoms. The third-order valence-corrected chi connectivity index (χ3v) is 3.96. The van der Waals surface area contributed by atoms with Crippen LogP contribution in [-0.2, 0) is 4.79 Å². The number of hydrogen-bond acceptors (Lipinski definition) is 3. The van der Waals surface area contributed by atoms with E-state index in [-0.39, 0.29) is 18.3 Å². The zero-order valence-corrected chi connectivity index (χ0v) is 12.2. The van der Waals surface area contributed by atoms with Crippen LogP contribution in [0.3, 0.4) is 0 Å². The number of carbonyl (C=O) groups is 1. The van der Waals surface area contributed by atoms with Gasteiger partial charge < -0.3 is 10.4 Å². The molecule has 5 heteroatoms. The number of rotatable bonds is 7. The van der Waals surface area contributed by atoms with Crippen LogP contribution in [0.4, 0.5) is 10.1 Å². The molecule has 0 aliphatic heterocycles. The predicted octanol–water partition coefficient (Wildman–Crippen LogP) is 2.39.